The first-order valence-electron chi connectivity index (χ1n) is 16.5. The van der Waals surface area contributed by atoms with Crippen molar-refractivity contribution < 1.29 is 4.42 Å². The first kappa shape index (κ1) is 31.9. The summed E-state index contributed by atoms with van der Waals surface area (Å²) >= 11 is 8.16. The van der Waals surface area contributed by atoms with E-state index in [1.54, 1.807) is 0 Å². The van der Waals surface area contributed by atoms with Crippen LogP contribution in [-0.4, -0.2) is 42.2 Å². The van der Waals surface area contributed by atoms with Gasteiger partial charge in [-0.2, -0.15) is 11.8 Å². The van der Waals surface area contributed by atoms with E-state index in [9.17, 15) is 0 Å². The molecule has 4 aromatic rings. The highest BCUT2D eigenvalue weighted by atomic mass is 35.5. The molecule has 1 aliphatic carbocycles. The zero-order chi connectivity index (χ0) is 31.2. The molecular formula is C38H47ClN4OS. The van der Waals surface area contributed by atoms with Crippen molar-refractivity contribution in [3.8, 4) is 0 Å². The summed E-state index contributed by atoms with van der Waals surface area (Å²) in [5.74, 6) is 5.30. The Balaban J connectivity index is 1.22. The molecule has 1 saturated heterocycles. The van der Waals surface area contributed by atoms with Gasteiger partial charge in [0, 0.05) is 60.0 Å². The summed E-state index contributed by atoms with van der Waals surface area (Å²) in [7, 11) is 2.21. The molecule has 0 spiro atoms. The van der Waals surface area contributed by atoms with Gasteiger partial charge < -0.3 is 19.5 Å². The minimum atomic E-state index is 0.00949. The van der Waals surface area contributed by atoms with E-state index < -0.39 is 0 Å². The Hall–Kier alpha value is -3.09. The zero-order valence-corrected chi connectivity index (χ0v) is 28.5. The lowest BCUT2D eigenvalue weighted by atomic mass is 9.71. The first-order valence-corrected chi connectivity index (χ1v) is 18.1. The lowest BCUT2D eigenvalue weighted by Crippen LogP contribution is -2.41. The van der Waals surface area contributed by atoms with Gasteiger partial charge in [0.1, 0.15) is 11.7 Å². The van der Waals surface area contributed by atoms with Crippen molar-refractivity contribution in [2.24, 2.45) is 11.8 Å². The fourth-order valence-corrected chi connectivity index (χ4v) is 8.16. The van der Waals surface area contributed by atoms with Crippen LogP contribution in [-0.2, 0) is 6.42 Å². The van der Waals surface area contributed by atoms with Gasteiger partial charge in [-0.25, -0.2) is 4.98 Å². The Bertz CT molecular complexity index is 1480. The molecule has 6 rings (SSSR count). The van der Waals surface area contributed by atoms with Crippen molar-refractivity contribution in [2.45, 2.75) is 64.0 Å². The second-order valence-corrected chi connectivity index (χ2v) is 15.0. The SMILES string of the molecule is CN(c1ccccc1)C(CC1CCC(C(C)(C)Nc2ccc(Cl)cc2)CC1)c1nc(Cc2ccccc2)c(N2CCSCC2)o1. The fourth-order valence-electron chi connectivity index (χ4n) is 7.13. The standard InChI is InChI=1S/C38H47ClN4OS/c1-38(2,41-32-20-18-31(39)19-21-32)30-16-14-29(15-17-30)27-35(42(3)33-12-8-5-9-13-33)36-40-34(26-28-10-6-4-7-11-28)37(44-36)43-22-24-45-25-23-43/h4-13,18-21,29-30,35,41H,14-17,22-27H2,1-3H3. The predicted molar refractivity (Wildman–Crippen MR) is 192 cm³/mol. The Morgan fingerprint density at radius 1 is 0.933 bits per heavy atom. The maximum absolute atomic E-state index is 6.87. The van der Waals surface area contributed by atoms with E-state index in [-0.39, 0.29) is 11.6 Å². The van der Waals surface area contributed by atoms with Crippen molar-refractivity contribution in [1.29, 1.82) is 0 Å². The number of halogens is 1. The van der Waals surface area contributed by atoms with Crippen LogP contribution in [0.25, 0.3) is 0 Å². The average Bonchev–Trinajstić information content (AvgIpc) is 3.49. The van der Waals surface area contributed by atoms with Crippen LogP contribution < -0.4 is 15.1 Å². The zero-order valence-electron chi connectivity index (χ0n) is 26.9. The van der Waals surface area contributed by atoms with Gasteiger partial charge in [-0.3, -0.25) is 0 Å². The second-order valence-electron chi connectivity index (χ2n) is 13.3. The molecule has 0 amide bonds. The molecule has 3 aromatic carbocycles. The third kappa shape index (κ3) is 8.01. The molecule has 45 heavy (non-hydrogen) atoms. The van der Waals surface area contributed by atoms with Crippen LogP contribution in [0.15, 0.2) is 89.3 Å². The first-order chi connectivity index (χ1) is 21.9. The molecule has 7 heteroatoms. The molecule has 1 aromatic heterocycles. The smallest absolute Gasteiger partial charge is 0.220 e. The summed E-state index contributed by atoms with van der Waals surface area (Å²) in [5, 5.41) is 4.57. The monoisotopic (exact) mass is 642 g/mol. The fraction of sp³-hybridized carbons (Fsp3) is 0.447. The van der Waals surface area contributed by atoms with Crippen LogP contribution in [0.1, 0.15) is 69.1 Å². The molecule has 0 radical (unpaired) electrons. The molecule has 0 bridgehead atoms. The van der Waals surface area contributed by atoms with Crippen molar-refractivity contribution in [3.05, 3.63) is 107 Å². The lowest BCUT2D eigenvalue weighted by Gasteiger charge is -2.41. The van der Waals surface area contributed by atoms with E-state index in [1.165, 1.54) is 36.9 Å². The number of aromatic nitrogens is 1. The van der Waals surface area contributed by atoms with Crippen LogP contribution in [0, 0.1) is 11.8 Å². The van der Waals surface area contributed by atoms with Gasteiger partial charge in [-0.15, -0.1) is 0 Å². The van der Waals surface area contributed by atoms with Gasteiger partial charge in [0.2, 0.25) is 11.8 Å². The topological polar surface area (TPSA) is 44.5 Å². The largest absolute Gasteiger partial charge is 0.423 e. The Morgan fingerprint density at radius 2 is 1.58 bits per heavy atom. The van der Waals surface area contributed by atoms with Gasteiger partial charge in [0.15, 0.2) is 0 Å². The average molecular weight is 643 g/mol. The normalized spacial score (nSPS) is 19.7. The van der Waals surface area contributed by atoms with Crippen LogP contribution in [0.3, 0.4) is 0 Å². The summed E-state index contributed by atoms with van der Waals surface area (Å²) < 4.78 is 6.87. The Kier molecular flexibility index (Phi) is 10.3. The summed E-state index contributed by atoms with van der Waals surface area (Å²) in [6, 6.07) is 29.6. The van der Waals surface area contributed by atoms with Crippen molar-refractivity contribution >= 4 is 40.6 Å². The number of oxazole rings is 1. The number of rotatable bonds is 11. The number of hydrogen-bond acceptors (Lipinski definition) is 6. The summed E-state index contributed by atoms with van der Waals surface area (Å²) in [4.78, 5) is 10.1. The maximum atomic E-state index is 6.87. The number of hydrogen-bond donors (Lipinski definition) is 1. The molecule has 2 aliphatic rings. The van der Waals surface area contributed by atoms with Crippen LogP contribution in [0.5, 0.6) is 0 Å². The van der Waals surface area contributed by atoms with Crippen molar-refractivity contribution in [2.75, 3.05) is 46.8 Å². The van der Waals surface area contributed by atoms with Gasteiger partial charge in [-0.05, 0) is 86.9 Å². The number of nitrogens with one attached hydrogen (secondary N) is 1. The van der Waals surface area contributed by atoms with E-state index in [0.29, 0.717) is 11.8 Å². The van der Waals surface area contributed by atoms with Crippen molar-refractivity contribution in [3.63, 3.8) is 0 Å². The van der Waals surface area contributed by atoms with E-state index in [0.717, 1.165) is 65.6 Å². The minimum Gasteiger partial charge on any atom is -0.423 e. The van der Waals surface area contributed by atoms with Crippen LogP contribution in [0.2, 0.25) is 5.02 Å². The number of anilines is 3. The molecule has 1 saturated carbocycles. The highest BCUT2D eigenvalue weighted by Crippen LogP contribution is 2.43. The predicted octanol–water partition coefficient (Wildman–Crippen LogP) is 9.74. The molecule has 2 fully saturated rings. The highest BCUT2D eigenvalue weighted by molar-refractivity contribution is 7.99. The number of benzene rings is 3. The number of nitrogens with zero attached hydrogens (tertiary/aromatic N) is 3. The molecular weight excluding hydrogens is 596 g/mol. The van der Waals surface area contributed by atoms with E-state index in [2.05, 4.69) is 109 Å². The molecule has 1 N–H and O–H groups in total. The number of para-hydroxylation sites is 1. The maximum Gasteiger partial charge on any atom is 0.220 e. The Morgan fingerprint density at radius 3 is 2.24 bits per heavy atom. The van der Waals surface area contributed by atoms with Gasteiger partial charge in [0.05, 0.1) is 0 Å². The Labute approximate surface area is 278 Å². The highest BCUT2D eigenvalue weighted by Gasteiger charge is 2.36. The van der Waals surface area contributed by atoms with Gasteiger partial charge in [0.25, 0.3) is 0 Å². The van der Waals surface area contributed by atoms with E-state index in [1.807, 2.05) is 23.9 Å². The molecule has 1 aliphatic heterocycles. The van der Waals surface area contributed by atoms with E-state index >= 15 is 0 Å². The third-order valence-corrected chi connectivity index (χ3v) is 11.1. The van der Waals surface area contributed by atoms with Gasteiger partial charge in [-0.1, -0.05) is 73.0 Å². The second kappa shape index (κ2) is 14.6. The molecule has 238 valence electrons. The molecule has 5 nitrogen and oxygen atoms in total. The molecule has 1 unspecified atom stereocenters. The summed E-state index contributed by atoms with van der Waals surface area (Å²) in [6.45, 7) is 6.70. The summed E-state index contributed by atoms with van der Waals surface area (Å²) in [6.07, 6.45) is 6.66. The van der Waals surface area contributed by atoms with Crippen LogP contribution in [0.4, 0.5) is 17.3 Å². The quantitative estimate of drug-likeness (QED) is 0.176. The van der Waals surface area contributed by atoms with E-state index in [4.69, 9.17) is 21.0 Å². The van der Waals surface area contributed by atoms with Crippen LogP contribution >= 0.6 is 23.4 Å². The number of thioether (sulfide) groups is 1. The lowest BCUT2D eigenvalue weighted by molar-refractivity contribution is 0.194. The van der Waals surface area contributed by atoms with Gasteiger partial charge >= 0.3 is 0 Å². The summed E-state index contributed by atoms with van der Waals surface area (Å²) in [5.41, 5.74) is 4.67. The van der Waals surface area contributed by atoms with Crippen molar-refractivity contribution in [1.82, 2.24) is 4.98 Å². The minimum absolute atomic E-state index is 0.00949. The molecule has 1 atom stereocenters. The molecule has 2 heterocycles. The third-order valence-electron chi connectivity index (χ3n) is 9.86.